The first kappa shape index (κ1) is 33.9. The first-order valence-corrected chi connectivity index (χ1v) is 14.9. The zero-order valence-corrected chi connectivity index (χ0v) is 26.7. The number of primary amides is 1. The molecular weight excluding hydrogens is 596 g/mol. The number of fused-ring (bicyclic) bond motifs is 3. The van der Waals surface area contributed by atoms with E-state index in [0.29, 0.717) is 4.90 Å². The third kappa shape index (κ3) is 8.01. The number of nitrogens with one attached hydrogen (secondary N) is 2. The lowest BCUT2D eigenvalue weighted by molar-refractivity contribution is -0.161. The lowest BCUT2D eigenvalue weighted by Crippen LogP contribution is -2.53. The van der Waals surface area contributed by atoms with Crippen molar-refractivity contribution in [3.8, 4) is 11.1 Å². The Labute approximate surface area is 267 Å². The summed E-state index contributed by atoms with van der Waals surface area (Å²) in [6, 6.07) is 11.2. The maximum Gasteiger partial charge on any atom is 0.417 e. The van der Waals surface area contributed by atoms with E-state index in [1.807, 2.05) is 48.5 Å². The summed E-state index contributed by atoms with van der Waals surface area (Å²) in [5.74, 6) is -3.88. The molecule has 2 aromatic rings. The molecule has 4 N–H and O–H groups in total. The zero-order chi connectivity index (χ0) is 34.0. The number of imide groups is 1. The van der Waals surface area contributed by atoms with Crippen LogP contribution in [0.4, 0.5) is 9.59 Å². The van der Waals surface area contributed by atoms with Crippen LogP contribution in [0, 0.1) is 0 Å². The minimum absolute atomic E-state index is 0.0473. The van der Waals surface area contributed by atoms with Gasteiger partial charge in [-0.15, -0.1) is 0 Å². The second kappa shape index (κ2) is 13.2. The smallest absolute Gasteiger partial charge is 0.417 e. The summed E-state index contributed by atoms with van der Waals surface area (Å²) >= 11 is 0. The van der Waals surface area contributed by atoms with Gasteiger partial charge < -0.3 is 30.6 Å². The Morgan fingerprint density at radius 2 is 1.43 bits per heavy atom. The summed E-state index contributed by atoms with van der Waals surface area (Å²) in [4.78, 5) is 78.0. The number of alkyl carbamates (subject to hydrolysis) is 1. The normalized spacial score (nSPS) is 18.2. The highest BCUT2D eigenvalue weighted by Crippen LogP contribution is 2.44. The standard InChI is InChI=1S/C33H40N4O9/c1-32(2,3)45-29(41)25-15-24(28(40)37(25)31(43)46-33(4,5)6)35-27(39)23(16-26(34)38)36-30(42)44-17-22-20-13-9-7-11-18(20)19-12-8-10-14-21(19)22/h7-14,22-25H,15-17H2,1-6H3,(H2,34,38)(H,35,39)(H,36,42)/t23-,24+,25-/m0/s1. The highest BCUT2D eigenvalue weighted by atomic mass is 16.6. The fraction of sp³-hybridized carbons (Fsp3) is 0.455. The molecule has 4 rings (SSSR count). The lowest BCUT2D eigenvalue weighted by atomic mass is 9.98. The molecule has 0 unspecified atom stereocenters. The largest absolute Gasteiger partial charge is 0.458 e. The molecule has 2 aliphatic rings. The van der Waals surface area contributed by atoms with Crippen LogP contribution in [0.5, 0.6) is 0 Å². The number of benzene rings is 2. The molecule has 3 atom stereocenters. The predicted octanol–water partition coefficient (Wildman–Crippen LogP) is 3.13. The van der Waals surface area contributed by atoms with E-state index >= 15 is 0 Å². The molecule has 1 saturated heterocycles. The van der Waals surface area contributed by atoms with Gasteiger partial charge >= 0.3 is 18.2 Å². The summed E-state index contributed by atoms with van der Waals surface area (Å²) < 4.78 is 16.2. The van der Waals surface area contributed by atoms with Gasteiger partial charge in [0.1, 0.15) is 35.9 Å². The van der Waals surface area contributed by atoms with Crippen LogP contribution in [0.2, 0.25) is 0 Å². The van der Waals surface area contributed by atoms with Crippen LogP contribution >= 0.6 is 0 Å². The molecular formula is C33H40N4O9. The van der Waals surface area contributed by atoms with Gasteiger partial charge in [-0.1, -0.05) is 48.5 Å². The molecule has 0 radical (unpaired) electrons. The highest BCUT2D eigenvalue weighted by Gasteiger charge is 2.50. The molecule has 13 heteroatoms. The number of nitrogens with two attached hydrogens (primary N) is 1. The maximum atomic E-state index is 13.4. The number of hydrogen-bond donors (Lipinski definition) is 3. The van der Waals surface area contributed by atoms with Crippen LogP contribution < -0.4 is 16.4 Å². The van der Waals surface area contributed by atoms with Gasteiger partial charge in [0.25, 0.3) is 5.91 Å². The van der Waals surface area contributed by atoms with Crippen LogP contribution in [-0.2, 0) is 33.4 Å². The average molecular weight is 637 g/mol. The van der Waals surface area contributed by atoms with Crippen molar-refractivity contribution in [3.63, 3.8) is 0 Å². The number of carbonyl (C=O) groups is 6. The van der Waals surface area contributed by atoms with Crippen molar-refractivity contribution < 1.29 is 43.0 Å². The average Bonchev–Trinajstić information content (AvgIpc) is 3.44. The Balaban J connectivity index is 1.46. The highest BCUT2D eigenvalue weighted by molar-refractivity contribution is 6.04. The monoisotopic (exact) mass is 636 g/mol. The Hall–Kier alpha value is -4.94. The number of amides is 5. The van der Waals surface area contributed by atoms with Crippen molar-refractivity contribution in [2.75, 3.05) is 6.61 Å². The zero-order valence-electron chi connectivity index (χ0n) is 26.7. The lowest BCUT2D eigenvalue weighted by Gasteiger charge is -2.28. The SMILES string of the molecule is CC(C)(C)OC(=O)[C@@H]1C[C@@H](NC(=O)[C@H](CC(N)=O)NC(=O)OCC2c3ccccc3-c3ccccc32)C(=O)N1C(=O)OC(C)(C)C. The number of ether oxygens (including phenoxy) is 3. The molecule has 246 valence electrons. The first-order chi connectivity index (χ1) is 21.4. The van der Waals surface area contributed by atoms with Crippen molar-refractivity contribution in [3.05, 3.63) is 59.7 Å². The minimum Gasteiger partial charge on any atom is -0.458 e. The first-order valence-electron chi connectivity index (χ1n) is 14.9. The van der Waals surface area contributed by atoms with E-state index < -0.39 is 71.6 Å². The number of carbonyl (C=O) groups excluding carboxylic acids is 6. The predicted molar refractivity (Wildman–Crippen MR) is 165 cm³/mol. The fourth-order valence-corrected chi connectivity index (χ4v) is 5.44. The molecule has 1 heterocycles. The fourth-order valence-electron chi connectivity index (χ4n) is 5.44. The number of nitrogens with zero attached hydrogens (tertiary/aromatic N) is 1. The summed E-state index contributed by atoms with van der Waals surface area (Å²) in [5.41, 5.74) is 7.47. The maximum absolute atomic E-state index is 13.4. The Morgan fingerprint density at radius 1 is 0.891 bits per heavy atom. The van der Waals surface area contributed by atoms with Gasteiger partial charge in [-0.25, -0.2) is 19.3 Å². The van der Waals surface area contributed by atoms with Gasteiger partial charge in [0.2, 0.25) is 11.8 Å². The molecule has 0 spiro atoms. The van der Waals surface area contributed by atoms with Crippen molar-refractivity contribution in [2.24, 2.45) is 5.73 Å². The molecule has 0 bridgehead atoms. The topological polar surface area (TPSA) is 183 Å². The Bertz CT molecular complexity index is 1500. The molecule has 2 aromatic carbocycles. The Kier molecular flexibility index (Phi) is 9.74. The van der Waals surface area contributed by atoms with Crippen LogP contribution in [0.1, 0.15) is 71.4 Å². The van der Waals surface area contributed by atoms with Gasteiger partial charge in [-0.05, 0) is 63.8 Å². The third-order valence-electron chi connectivity index (χ3n) is 7.25. The van der Waals surface area contributed by atoms with Gasteiger partial charge in [0, 0.05) is 12.3 Å². The van der Waals surface area contributed by atoms with Crippen molar-refractivity contribution in [1.29, 1.82) is 0 Å². The minimum atomic E-state index is -1.52. The van der Waals surface area contributed by atoms with E-state index in [4.69, 9.17) is 19.9 Å². The van der Waals surface area contributed by atoms with Crippen LogP contribution in [-0.4, -0.2) is 76.7 Å². The molecule has 13 nitrogen and oxygen atoms in total. The van der Waals surface area contributed by atoms with Crippen LogP contribution in [0.3, 0.4) is 0 Å². The van der Waals surface area contributed by atoms with E-state index in [9.17, 15) is 28.8 Å². The van der Waals surface area contributed by atoms with Gasteiger partial charge in [0.05, 0.1) is 6.42 Å². The van der Waals surface area contributed by atoms with Gasteiger partial charge in [0.15, 0.2) is 0 Å². The molecule has 1 fully saturated rings. The molecule has 46 heavy (non-hydrogen) atoms. The molecule has 1 aliphatic heterocycles. The second-order valence-electron chi connectivity index (χ2n) is 13.2. The third-order valence-corrected chi connectivity index (χ3v) is 7.25. The van der Waals surface area contributed by atoms with E-state index in [1.165, 1.54) is 0 Å². The quantitative estimate of drug-likeness (QED) is 0.289. The van der Waals surface area contributed by atoms with Crippen LogP contribution in [0.15, 0.2) is 48.5 Å². The molecule has 0 saturated carbocycles. The van der Waals surface area contributed by atoms with E-state index in [0.717, 1.165) is 22.3 Å². The Morgan fingerprint density at radius 3 is 1.96 bits per heavy atom. The molecule has 5 amide bonds. The number of likely N-dealkylation sites (tertiary alicyclic amines) is 1. The van der Waals surface area contributed by atoms with Crippen molar-refractivity contribution >= 4 is 35.9 Å². The number of esters is 1. The second-order valence-corrected chi connectivity index (χ2v) is 13.2. The number of hydrogen-bond acceptors (Lipinski definition) is 9. The summed E-state index contributed by atoms with van der Waals surface area (Å²) in [6.07, 6.45) is -3.01. The molecule has 1 aliphatic carbocycles. The van der Waals surface area contributed by atoms with Crippen molar-refractivity contribution in [1.82, 2.24) is 15.5 Å². The number of rotatable bonds is 8. The molecule has 0 aromatic heterocycles. The van der Waals surface area contributed by atoms with Crippen LogP contribution in [0.25, 0.3) is 11.1 Å². The summed E-state index contributed by atoms with van der Waals surface area (Å²) in [6.45, 7) is 9.62. The van der Waals surface area contributed by atoms with E-state index in [2.05, 4.69) is 10.6 Å². The van der Waals surface area contributed by atoms with E-state index in [-0.39, 0.29) is 18.9 Å². The van der Waals surface area contributed by atoms with Gasteiger partial charge in [-0.3, -0.25) is 14.4 Å². The summed E-state index contributed by atoms with van der Waals surface area (Å²) in [5, 5.41) is 4.79. The van der Waals surface area contributed by atoms with Gasteiger partial charge in [-0.2, -0.15) is 0 Å². The van der Waals surface area contributed by atoms with Crippen molar-refractivity contribution in [2.45, 2.75) is 89.6 Å². The van der Waals surface area contributed by atoms with E-state index in [1.54, 1.807) is 41.5 Å². The summed E-state index contributed by atoms with van der Waals surface area (Å²) in [7, 11) is 0.